The zero-order valence-corrected chi connectivity index (χ0v) is 11.5. The van der Waals surface area contributed by atoms with Crippen LogP contribution in [0.2, 0.25) is 0 Å². The maximum absolute atomic E-state index is 11.8. The second-order valence-corrected chi connectivity index (χ2v) is 5.89. The molecule has 0 aromatic carbocycles. The molecule has 0 aromatic rings. The van der Waals surface area contributed by atoms with E-state index in [-0.39, 0.29) is 17.6 Å². The van der Waals surface area contributed by atoms with Crippen LogP contribution in [0.5, 0.6) is 0 Å². The van der Waals surface area contributed by atoms with Crippen molar-refractivity contribution in [1.29, 1.82) is 0 Å². The van der Waals surface area contributed by atoms with Crippen molar-refractivity contribution in [3.63, 3.8) is 0 Å². The Balaban J connectivity index is 2.25. The zero-order valence-electron chi connectivity index (χ0n) is 11.5. The summed E-state index contributed by atoms with van der Waals surface area (Å²) in [4.78, 5) is 13.7. The van der Waals surface area contributed by atoms with Crippen molar-refractivity contribution in [2.45, 2.75) is 51.7 Å². The summed E-state index contributed by atoms with van der Waals surface area (Å²) in [6, 6.07) is 0. The van der Waals surface area contributed by atoms with Crippen LogP contribution in [-0.4, -0.2) is 47.7 Å². The lowest BCUT2D eigenvalue weighted by atomic mass is 10.0. The Kier molecular flexibility index (Phi) is 4.95. The van der Waals surface area contributed by atoms with E-state index in [1.807, 2.05) is 25.8 Å². The summed E-state index contributed by atoms with van der Waals surface area (Å²) in [5.41, 5.74) is -0.146. The Hall–Kier alpha value is -0.610. The lowest BCUT2D eigenvalue weighted by molar-refractivity contribution is -0.123. The number of rotatable bonds is 7. The predicted molar refractivity (Wildman–Crippen MR) is 68.7 cm³/mol. The highest BCUT2D eigenvalue weighted by molar-refractivity contribution is 5.78. The maximum Gasteiger partial charge on any atom is 0.234 e. The molecule has 1 saturated carbocycles. The SMILES string of the molecule is CCC(C)(C)NC(=O)CN(C)CC(O)C1CC1. The first-order valence-electron chi connectivity index (χ1n) is 6.51. The summed E-state index contributed by atoms with van der Waals surface area (Å²) >= 11 is 0. The van der Waals surface area contributed by atoms with Crippen molar-refractivity contribution < 1.29 is 9.90 Å². The van der Waals surface area contributed by atoms with Gasteiger partial charge in [-0.3, -0.25) is 9.69 Å². The minimum absolute atomic E-state index is 0.0300. The number of aliphatic hydroxyl groups excluding tert-OH is 1. The molecule has 17 heavy (non-hydrogen) atoms. The lowest BCUT2D eigenvalue weighted by Crippen LogP contribution is -2.47. The van der Waals surface area contributed by atoms with Gasteiger partial charge in [-0.2, -0.15) is 0 Å². The third kappa shape index (κ3) is 5.50. The first-order chi connectivity index (χ1) is 7.84. The lowest BCUT2D eigenvalue weighted by Gasteiger charge is -2.26. The molecule has 1 fully saturated rings. The first-order valence-corrected chi connectivity index (χ1v) is 6.51. The number of amides is 1. The van der Waals surface area contributed by atoms with Gasteiger partial charge in [0, 0.05) is 12.1 Å². The highest BCUT2D eigenvalue weighted by Crippen LogP contribution is 2.32. The Labute approximate surface area is 104 Å². The van der Waals surface area contributed by atoms with Crippen LogP contribution in [-0.2, 0) is 4.79 Å². The fourth-order valence-corrected chi connectivity index (χ4v) is 1.76. The quantitative estimate of drug-likeness (QED) is 0.700. The molecule has 1 rings (SSSR count). The molecule has 0 bridgehead atoms. The summed E-state index contributed by atoms with van der Waals surface area (Å²) in [5.74, 6) is 0.495. The number of likely N-dealkylation sites (N-methyl/N-ethyl adjacent to an activating group) is 1. The number of nitrogens with one attached hydrogen (secondary N) is 1. The molecular weight excluding hydrogens is 216 g/mol. The topological polar surface area (TPSA) is 52.6 Å². The second-order valence-electron chi connectivity index (χ2n) is 5.89. The zero-order chi connectivity index (χ0) is 13.1. The van der Waals surface area contributed by atoms with Gasteiger partial charge in [-0.05, 0) is 46.1 Å². The number of hydrogen-bond donors (Lipinski definition) is 2. The van der Waals surface area contributed by atoms with Crippen molar-refractivity contribution in [3.05, 3.63) is 0 Å². The van der Waals surface area contributed by atoms with Gasteiger partial charge in [-0.1, -0.05) is 6.92 Å². The number of carbonyl (C=O) groups excluding carboxylic acids is 1. The van der Waals surface area contributed by atoms with Gasteiger partial charge < -0.3 is 10.4 Å². The van der Waals surface area contributed by atoms with E-state index in [1.54, 1.807) is 0 Å². The van der Waals surface area contributed by atoms with Gasteiger partial charge in [0.25, 0.3) is 0 Å². The van der Waals surface area contributed by atoms with Crippen LogP contribution in [0.15, 0.2) is 0 Å². The molecule has 1 atom stereocenters. The minimum atomic E-state index is -0.271. The summed E-state index contributed by atoms with van der Waals surface area (Å²) in [5, 5.41) is 12.8. The van der Waals surface area contributed by atoms with Crippen LogP contribution in [0, 0.1) is 5.92 Å². The molecule has 0 spiro atoms. The number of carbonyl (C=O) groups is 1. The Morgan fingerprint density at radius 1 is 1.53 bits per heavy atom. The summed E-state index contributed by atoms with van der Waals surface area (Å²) < 4.78 is 0. The van der Waals surface area contributed by atoms with E-state index in [2.05, 4.69) is 12.2 Å². The Morgan fingerprint density at radius 3 is 2.59 bits per heavy atom. The van der Waals surface area contributed by atoms with Crippen LogP contribution >= 0.6 is 0 Å². The Bertz CT molecular complexity index is 262. The van der Waals surface area contributed by atoms with Gasteiger partial charge >= 0.3 is 0 Å². The van der Waals surface area contributed by atoms with Gasteiger partial charge in [0.05, 0.1) is 12.6 Å². The average molecular weight is 242 g/mol. The molecule has 0 radical (unpaired) electrons. The monoisotopic (exact) mass is 242 g/mol. The molecular formula is C13H26N2O2. The van der Waals surface area contributed by atoms with E-state index in [0.29, 0.717) is 19.0 Å². The van der Waals surface area contributed by atoms with E-state index in [9.17, 15) is 9.90 Å². The third-order valence-corrected chi connectivity index (χ3v) is 3.44. The van der Waals surface area contributed by atoms with Crippen LogP contribution < -0.4 is 5.32 Å². The van der Waals surface area contributed by atoms with Crippen LogP contribution in [0.3, 0.4) is 0 Å². The molecule has 1 unspecified atom stereocenters. The predicted octanol–water partition coefficient (Wildman–Crippen LogP) is 0.994. The van der Waals surface area contributed by atoms with Crippen LogP contribution in [0.25, 0.3) is 0 Å². The summed E-state index contributed by atoms with van der Waals surface area (Å²) in [7, 11) is 1.88. The van der Waals surface area contributed by atoms with Crippen LogP contribution in [0.1, 0.15) is 40.0 Å². The largest absolute Gasteiger partial charge is 0.392 e. The molecule has 1 amide bonds. The second kappa shape index (κ2) is 5.83. The van der Waals surface area contributed by atoms with E-state index in [1.165, 1.54) is 0 Å². The fraction of sp³-hybridized carbons (Fsp3) is 0.923. The molecule has 1 aliphatic rings. The van der Waals surface area contributed by atoms with Crippen molar-refractivity contribution in [3.8, 4) is 0 Å². The van der Waals surface area contributed by atoms with Crippen molar-refractivity contribution in [2.24, 2.45) is 5.92 Å². The molecule has 0 aromatic heterocycles. The third-order valence-electron chi connectivity index (χ3n) is 3.44. The molecule has 4 heteroatoms. The van der Waals surface area contributed by atoms with E-state index in [4.69, 9.17) is 0 Å². The van der Waals surface area contributed by atoms with E-state index in [0.717, 1.165) is 19.3 Å². The maximum atomic E-state index is 11.8. The summed E-state index contributed by atoms with van der Waals surface area (Å²) in [6.45, 7) is 7.03. The van der Waals surface area contributed by atoms with Crippen molar-refractivity contribution >= 4 is 5.91 Å². The Morgan fingerprint density at radius 2 is 2.12 bits per heavy atom. The highest BCUT2D eigenvalue weighted by atomic mass is 16.3. The van der Waals surface area contributed by atoms with Crippen LogP contribution in [0.4, 0.5) is 0 Å². The standard InChI is InChI=1S/C13H26N2O2/c1-5-13(2,3)14-12(17)9-15(4)8-11(16)10-6-7-10/h10-11,16H,5-9H2,1-4H3,(H,14,17). The number of aliphatic hydroxyl groups is 1. The molecule has 100 valence electrons. The van der Waals surface area contributed by atoms with Crippen molar-refractivity contribution in [1.82, 2.24) is 10.2 Å². The van der Waals surface area contributed by atoms with E-state index >= 15 is 0 Å². The molecule has 2 N–H and O–H groups in total. The smallest absolute Gasteiger partial charge is 0.234 e. The number of hydrogen-bond acceptors (Lipinski definition) is 3. The van der Waals surface area contributed by atoms with Gasteiger partial charge in [0.2, 0.25) is 5.91 Å². The molecule has 0 aliphatic heterocycles. The van der Waals surface area contributed by atoms with E-state index < -0.39 is 0 Å². The minimum Gasteiger partial charge on any atom is -0.392 e. The summed E-state index contributed by atoms with van der Waals surface area (Å²) in [6.07, 6.45) is 2.90. The van der Waals surface area contributed by atoms with Crippen molar-refractivity contribution in [2.75, 3.05) is 20.1 Å². The molecule has 0 heterocycles. The fourth-order valence-electron chi connectivity index (χ4n) is 1.76. The number of nitrogens with zero attached hydrogens (tertiary/aromatic N) is 1. The average Bonchev–Trinajstić information content (AvgIpc) is 2.98. The first kappa shape index (κ1) is 14.5. The molecule has 0 saturated heterocycles. The molecule has 1 aliphatic carbocycles. The normalized spacial score (nSPS) is 18.2. The molecule has 4 nitrogen and oxygen atoms in total. The van der Waals surface area contributed by atoms with Gasteiger partial charge in [-0.15, -0.1) is 0 Å². The van der Waals surface area contributed by atoms with Gasteiger partial charge in [0.1, 0.15) is 0 Å². The van der Waals surface area contributed by atoms with Gasteiger partial charge in [-0.25, -0.2) is 0 Å². The van der Waals surface area contributed by atoms with Gasteiger partial charge in [0.15, 0.2) is 0 Å². The highest BCUT2D eigenvalue weighted by Gasteiger charge is 2.30.